The highest BCUT2D eigenvalue weighted by Gasteiger charge is 2.05. The molecule has 0 amide bonds. The third-order valence-corrected chi connectivity index (χ3v) is 3.20. The Bertz CT molecular complexity index is 540. The zero-order valence-electron chi connectivity index (χ0n) is 12.2. The Morgan fingerprint density at radius 1 is 1.20 bits per heavy atom. The van der Waals surface area contributed by atoms with Crippen molar-refractivity contribution in [1.82, 2.24) is 15.1 Å². The van der Waals surface area contributed by atoms with Crippen LogP contribution < -0.4 is 10.1 Å². The minimum atomic E-state index is 0. The molecule has 1 aromatic heterocycles. The van der Waals surface area contributed by atoms with Crippen molar-refractivity contribution in [1.29, 1.82) is 0 Å². The fourth-order valence-corrected chi connectivity index (χ4v) is 2.08. The standard InChI is InChI=1S/C15H21N3O.ClH/c1-4-18-11-14(12(2)17-18)10-16-9-13-7-5-6-8-15(13)19-3;/h5-8,11,16H,4,9-10H2,1-3H3;1H. The van der Waals surface area contributed by atoms with Gasteiger partial charge in [-0.25, -0.2) is 0 Å². The van der Waals surface area contributed by atoms with Crippen molar-refractivity contribution in [2.24, 2.45) is 0 Å². The summed E-state index contributed by atoms with van der Waals surface area (Å²) in [5.41, 5.74) is 3.51. The lowest BCUT2D eigenvalue weighted by molar-refractivity contribution is 0.407. The van der Waals surface area contributed by atoms with Gasteiger partial charge in [-0.1, -0.05) is 18.2 Å². The van der Waals surface area contributed by atoms with E-state index in [1.807, 2.05) is 29.8 Å². The topological polar surface area (TPSA) is 39.1 Å². The summed E-state index contributed by atoms with van der Waals surface area (Å²) in [7, 11) is 1.70. The van der Waals surface area contributed by atoms with Crippen LogP contribution in [0.1, 0.15) is 23.7 Å². The molecule has 0 spiro atoms. The van der Waals surface area contributed by atoms with Crippen LogP contribution >= 0.6 is 12.4 Å². The van der Waals surface area contributed by atoms with E-state index in [1.165, 1.54) is 11.1 Å². The number of aromatic nitrogens is 2. The molecule has 0 saturated heterocycles. The van der Waals surface area contributed by atoms with Crippen LogP contribution in [0.25, 0.3) is 0 Å². The number of nitrogens with one attached hydrogen (secondary N) is 1. The zero-order valence-corrected chi connectivity index (χ0v) is 13.0. The molecule has 0 fully saturated rings. The monoisotopic (exact) mass is 295 g/mol. The highest BCUT2D eigenvalue weighted by molar-refractivity contribution is 5.85. The number of rotatable bonds is 6. The quantitative estimate of drug-likeness (QED) is 0.890. The molecule has 0 aliphatic heterocycles. The minimum absolute atomic E-state index is 0. The first kappa shape index (κ1) is 16.5. The molecule has 0 aliphatic carbocycles. The Morgan fingerprint density at radius 3 is 2.55 bits per heavy atom. The molecule has 0 atom stereocenters. The summed E-state index contributed by atoms with van der Waals surface area (Å²) < 4.78 is 7.30. The van der Waals surface area contributed by atoms with Crippen LogP contribution in [0, 0.1) is 6.92 Å². The number of hydrogen-bond acceptors (Lipinski definition) is 3. The average molecular weight is 296 g/mol. The summed E-state index contributed by atoms with van der Waals surface area (Å²) in [4.78, 5) is 0. The van der Waals surface area contributed by atoms with Crippen LogP contribution in [-0.4, -0.2) is 16.9 Å². The summed E-state index contributed by atoms with van der Waals surface area (Å²) in [6.45, 7) is 6.67. The molecule has 2 rings (SSSR count). The van der Waals surface area contributed by atoms with Gasteiger partial charge in [0, 0.05) is 37.0 Å². The summed E-state index contributed by atoms with van der Waals surface area (Å²) in [5, 5.41) is 7.88. The lowest BCUT2D eigenvalue weighted by Gasteiger charge is -2.09. The second-order valence-corrected chi connectivity index (χ2v) is 4.51. The van der Waals surface area contributed by atoms with E-state index >= 15 is 0 Å². The number of para-hydroxylation sites is 1. The average Bonchev–Trinajstić information content (AvgIpc) is 2.80. The van der Waals surface area contributed by atoms with Crippen LogP contribution in [0.3, 0.4) is 0 Å². The fourth-order valence-electron chi connectivity index (χ4n) is 2.08. The predicted octanol–water partition coefficient (Wildman–Crippen LogP) is 2.93. The van der Waals surface area contributed by atoms with Crippen molar-refractivity contribution in [2.45, 2.75) is 33.5 Å². The van der Waals surface area contributed by atoms with Crippen LogP contribution in [0.5, 0.6) is 5.75 Å². The highest BCUT2D eigenvalue weighted by atomic mass is 35.5. The van der Waals surface area contributed by atoms with Crippen LogP contribution in [0.2, 0.25) is 0 Å². The number of hydrogen-bond donors (Lipinski definition) is 1. The molecular formula is C15H22ClN3O. The minimum Gasteiger partial charge on any atom is -0.496 e. The van der Waals surface area contributed by atoms with Gasteiger partial charge in [-0.2, -0.15) is 5.10 Å². The molecule has 5 heteroatoms. The first-order valence-electron chi connectivity index (χ1n) is 6.60. The highest BCUT2D eigenvalue weighted by Crippen LogP contribution is 2.17. The Balaban J connectivity index is 0.00000200. The number of methoxy groups -OCH3 is 1. The van der Waals surface area contributed by atoms with Gasteiger partial charge >= 0.3 is 0 Å². The number of benzene rings is 1. The van der Waals surface area contributed by atoms with Gasteiger partial charge in [0.15, 0.2) is 0 Å². The van der Waals surface area contributed by atoms with E-state index in [1.54, 1.807) is 7.11 Å². The molecule has 20 heavy (non-hydrogen) atoms. The van der Waals surface area contributed by atoms with Gasteiger partial charge in [-0.15, -0.1) is 12.4 Å². The van der Waals surface area contributed by atoms with Crippen molar-refractivity contribution in [3.8, 4) is 5.75 Å². The molecule has 0 unspecified atom stereocenters. The van der Waals surface area contributed by atoms with Gasteiger partial charge < -0.3 is 10.1 Å². The number of nitrogens with zero attached hydrogens (tertiary/aromatic N) is 2. The molecule has 1 heterocycles. The second-order valence-electron chi connectivity index (χ2n) is 4.51. The predicted molar refractivity (Wildman–Crippen MR) is 83.4 cm³/mol. The lowest BCUT2D eigenvalue weighted by atomic mass is 10.2. The number of halogens is 1. The van der Waals surface area contributed by atoms with Gasteiger partial charge in [0.1, 0.15) is 5.75 Å². The summed E-state index contributed by atoms with van der Waals surface area (Å²) in [5.74, 6) is 0.927. The smallest absolute Gasteiger partial charge is 0.123 e. The van der Waals surface area contributed by atoms with Crippen molar-refractivity contribution in [2.75, 3.05) is 7.11 Å². The van der Waals surface area contributed by atoms with Crippen LogP contribution in [0.15, 0.2) is 30.5 Å². The summed E-state index contributed by atoms with van der Waals surface area (Å²) in [6, 6.07) is 8.07. The molecule has 0 aliphatic rings. The first-order chi connectivity index (χ1) is 9.24. The van der Waals surface area contributed by atoms with Gasteiger partial charge in [-0.3, -0.25) is 4.68 Å². The molecule has 1 N–H and O–H groups in total. The van der Waals surface area contributed by atoms with E-state index < -0.39 is 0 Å². The molecule has 110 valence electrons. The third kappa shape index (κ3) is 3.99. The molecule has 0 bridgehead atoms. The SMILES string of the molecule is CCn1cc(CNCc2ccccc2OC)c(C)n1.Cl. The van der Waals surface area contributed by atoms with Crippen molar-refractivity contribution < 1.29 is 4.74 Å². The van der Waals surface area contributed by atoms with E-state index in [-0.39, 0.29) is 12.4 Å². The largest absolute Gasteiger partial charge is 0.496 e. The summed E-state index contributed by atoms with van der Waals surface area (Å²) in [6.07, 6.45) is 2.10. The second kappa shape index (κ2) is 7.92. The van der Waals surface area contributed by atoms with Gasteiger partial charge in [-0.05, 0) is 19.9 Å². The Labute approximate surface area is 126 Å². The first-order valence-corrected chi connectivity index (χ1v) is 6.60. The van der Waals surface area contributed by atoms with E-state index in [9.17, 15) is 0 Å². The maximum Gasteiger partial charge on any atom is 0.123 e. The Hall–Kier alpha value is -1.52. The Morgan fingerprint density at radius 2 is 1.90 bits per heavy atom. The lowest BCUT2D eigenvalue weighted by Crippen LogP contribution is -2.13. The fraction of sp³-hybridized carbons (Fsp3) is 0.400. The van der Waals surface area contributed by atoms with Crippen molar-refractivity contribution >= 4 is 12.4 Å². The number of ether oxygens (including phenoxy) is 1. The van der Waals surface area contributed by atoms with Gasteiger partial charge in [0.05, 0.1) is 12.8 Å². The molecular weight excluding hydrogens is 274 g/mol. The van der Waals surface area contributed by atoms with Gasteiger partial charge in [0.2, 0.25) is 0 Å². The van der Waals surface area contributed by atoms with Crippen molar-refractivity contribution in [3.05, 3.63) is 47.3 Å². The van der Waals surface area contributed by atoms with E-state index in [0.717, 1.165) is 31.1 Å². The van der Waals surface area contributed by atoms with Crippen molar-refractivity contribution in [3.63, 3.8) is 0 Å². The van der Waals surface area contributed by atoms with Crippen LogP contribution in [-0.2, 0) is 19.6 Å². The van der Waals surface area contributed by atoms with Gasteiger partial charge in [0.25, 0.3) is 0 Å². The molecule has 1 aromatic carbocycles. The molecule has 0 saturated carbocycles. The van der Waals surface area contributed by atoms with E-state index in [0.29, 0.717) is 0 Å². The third-order valence-electron chi connectivity index (χ3n) is 3.20. The molecule has 4 nitrogen and oxygen atoms in total. The summed E-state index contributed by atoms with van der Waals surface area (Å²) >= 11 is 0. The van der Waals surface area contributed by atoms with E-state index in [2.05, 4.69) is 29.6 Å². The molecule has 2 aromatic rings. The van der Waals surface area contributed by atoms with Crippen LogP contribution in [0.4, 0.5) is 0 Å². The van der Waals surface area contributed by atoms with E-state index in [4.69, 9.17) is 4.74 Å². The zero-order chi connectivity index (χ0) is 13.7. The maximum atomic E-state index is 5.34. The Kier molecular flexibility index (Phi) is 6.55. The number of aryl methyl sites for hydroxylation is 2. The molecule has 0 radical (unpaired) electrons. The maximum absolute atomic E-state index is 5.34. The normalized spacial score (nSPS) is 10.2.